The van der Waals surface area contributed by atoms with Crippen molar-refractivity contribution in [1.82, 2.24) is 14.5 Å². The van der Waals surface area contributed by atoms with Gasteiger partial charge in [0.05, 0.1) is 11.5 Å². The molecule has 3 rings (SSSR count). The highest BCUT2D eigenvalue weighted by atomic mass is 32.2. The number of anilines is 1. The van der Waals surface area contributed by atoms with Crippen molar-refractivity contribution in [2.24, 2.45) is 5.92 Å². The Labute approximate surface area is 201 Å². The third kappa shape index (κ3) is 6.97. The topological polar surface area (TPSA) is 91.0 Å². The number of sulfonamides is 1. The standard InChI is InChI=1S/C23H30N4O4S2/c1-17(2)16-31-20-6-4-5-18(15-20)22(28)25-23(32)24-19-7-9-21(10-8-19)33(29,30)27-13-11-26(3)12-14-27/h4-10,15,17H,11-14,16H2,1-3H3,(H2,24,25,28,32). The molecule has 1 saturated heterocycles. The number of piperazine rings is 1. The van der Waals surface area contributed by atoms with Crippen molar-refractivity contribution in [2.45, 2.75) is 18.7 Å². The summed E-state index contributed by atoms with van der Waals surface area (Å²) in [6, 6.07) is 13.2. The summed E-state index contributed by atoms with van der Waals surface area (Å²) >= 11 is 5.24. The first-order valence-corrected chi connectivity index (χ1v) is 12.6. The van der Waals surface area contributed by atoms with Crippen LogP contribution in [0.25, 0.3) is 0 Å². The number of hydrogen-bond donors (Lipinski definition) is 2. The number of carbonyl (C=O) groups is 1. The Balaban J connectivity index is 1.57. The monoisotopic (exact) mass is 490 g/mol. The summed E-state index contributed by atoms with van der Waals surface area (Å²) in [7, 11) is -1.56. The zero-order valence-electron chi connectivity index (χ0n) is 19.1. The molecule has 178 valence electrons. The van der Waals surface area contributed by atoms with Crippen molar-refractivity contribution in [1.29, 1.82) is 0 Å². The minimum Gasteiger partial charge on any atom is -0.493 e. The highest BCUT2D eigenvalue weighted by Crippen LogP contribution is 2.20. The van der Waals surface area contributed by atoms with Gasteiger partial charge in [0.15, 0.2) is 5.11 Å². The van der Waals surface area contributed by atoms with Gasteiger partial charge in [0.1, 0.15) is 5.75 Å². The van der Waals surface area contributed by atoms with Crippen molar-refractivity contribution >= 4 is 38.9 Å². The maximum Gasteiger partial charge on any atom is 0.257 e. The lowest BCUT2D eigenvalue weighted by atomic mass is 10.2. The van der Waals surface area contributed by atoms with E-state index < -0.39 is 10.0 Å². The van der Waals surface area contributed by atoms with Crippen molar-refractivity contribution in [3.8, 4) is 5.75 Å². The van der Waals surface area contributed by atoms with Gasteiger partial charge in [-0.25, -0.2) is 8.42 Å². The Morgan fingerprint density at radius 2 is 1.76 bits per heavy atom. The zero-order chi connectivity index (χ0) is 24.0. The first-order valence-electron chi connectivity index (χ1n) is 10.8. The van der Waals surface area contributed by atoms with Gasteiger partial charge >= 0.3 is 0 Å². The summed E-state index contributed by atoms with van der Waals surface area (Å²) in [6.07, 6.45) is 0. The summed E-state index contributed by atoms with van der Waals surface area (Å²) in [5.41, 5.74) is 1.00. The number of thiocarbonyl (C=S) groups is 1. The van der Waals surface area contributed by atoms with Gasteiger partial charge in [0, 0.05) is 37.4 Å². The lowest BCUT2D eigenvalue weighted by molar-refractivity contribution is 0.0977. The molecular weight excluding hydrogens is 460 g/mol. The zero-order valence-corrected chi connectivity index (χ0v) is 20.7. The van der Waals surface area contributed by atoms with Crippen LogP contribution < -0.4 is 15.4 Å². The molecule has 0 bridgehead atoms. The van der Waals surface area contributed by atoms with Gasteiger partial charge in [0.25, 0.3) is 5.91 Å². The summed E-state index contributed by atoms with van der Waals surface area (Å²) < 4.78 is 32.8. The van der Waals surface area contributed by atoms with Crippen LogP contribution in [0.4, 0.5) is 5.69 Å². The molecule has 1 aliphatic rings. The van der Waals surface area contributed by atoms with Gasteiger partial charge in [-0.1, -0.05) is 19.9 Å². The first kappa shape index (κ1) is 25.1. The van der Waals surface area contributed by atoms with Gasteiger partial charge in [-0.3, -0.25) is 10.1 Å². The molecule has 0 saturated carbocycles. The summed E-state index contributed by atoms with van der Waals surface area (Å²) in [5.74, 6) is 0.631. The second-order valence-corrected chi connectivity index (χ2v) is 10.7. The molecule has 0 atom stereocenters. The number of benzene rings is 2. The van der Waals surface area contributed by atoms with Crippen LogP contribution in [-0.2, 0) is 10.0 Å². The largest absolute Gasteiger partial charge is 0.493 e. The molecule has 2 aromatic carbocycles. The number of carbonyl (C=O) groups excluding carboxylic acids is 1. The second kappa shape index (κ2) is 11.1. The van der Waals surface area contributed by atoms with Crippen LogP contribution in [0.1, 0.15) is 24.2 Å². The van der Waals surface area contributed by atoms with Crippen LogP contribution in [0.2, 0.25) is 0 Å². The summed E-state index contributed by atoms with van der Waals surface area (Å²) in [5, 5.41) is 5.66. The fraction of sp³-hybridized carbons (Fsp3) is 0.391. The van der Waals surface area contributed by atoms with E-state index in [2.05, 4.69) is 29.4 Å². The molecule has 2 aromatic rings. The normalized spacial score (nSPS) is 15.3. The van der Waals surface area contributed by atoms with E-state index in [1.165, 1.54) is 16.4 Å². The highest BCUT2D eigenvalue weighted by molar-refractivity contribution is 7.89. The number of nitrogens with zero attached hydrogens (tertiary/aromatic N) is 2. The predicted octanol–water partition coefficient (Wildman–Crippen LogP) is 2.78. The maximum absolute atomic E-state index is 12.8. The van der Waals surface area contributed by atoms with Crippen LogP contribution in [-0.4, -0.2) is 68.5 Å². The van der Waals surface area contributed by atoms with Crippen molar-refractivity contribution in [3.05, 3.63) is 54.1 Å². The Bertz CT molecular complexity index is 1080. The molecule has 1 amide bonds. The van der Waals surface area contributed by atoms with E-state index in [1.807, 2.05) is 7.05 Å². The van der Waals surface area contributed by atoms with E-state index in [0.717, 1.165) is 0 Å². The van der Waals surface area contributed by atoms with E-state index in [4.69, 9.17) is 17.0 Å². The number of ether oxygens (including phenoxy) is 1. The van der Waals surface area contributed by atoms with E-state index in [1.54, 1.807) is 36.4 Å². The smallest absolute Gasteiger partial charge is 0.257 e. The Hall–Kier alpha value is -2.53. The number of nitrogens with one attached hydrogen (secondary N) is 2. The Kier molecular flexibility index (Phi) is 8.41. The number of rotatable bonds is 7. The van der Waals surface area contributed by atoms with Gasteiger partial charge < -0.3 is 15.0 Å². The van der Waals surface area contributed by atoms with E-state index in [9.17, 15) is 13.2 Å². The molecule has 1 fully saturated rings. The number of likely N-dealkylation sites (N-methyl/N-ethyl adjacent to an activating group) is 1. The fourth-order valence-electron chi connectivity index (χ4n) is 3.22. The lowest BCUT2D eigenvalue weighted by Gasteiger charge is -2.31. The molecule has 1 aliphatic heterocycles. The average molecular weight is 491 g/mol. The number of hydrogen-bond acceptors (Lipinski definition) is 6. The van der Waals surface area contributed by atoms with Crippen LogP contribution in [0, 0.1) is 5.92 Å². The Morgan fingerprint density at radius 1 is 1.09 bits per heavy atom. The molecule has 10 heteroatoms. The first-order chi connectivity index (χ1) is 15.6. The second-order valence-electron chi connectivity index (χ2n) is 8.37. The van der Waals surface area contributed by atoms with E-state index in [0.29, 0.717) is 55.7 Å². The Morgan fingerprint density at radius 3 is 2.39 bits per heavy atom. The van der Waals surface area contributed by atoms with Gasteiger partial charge in [-0.2, -0.15) is 4.31 Å². The van der Waals surface area contributed by atoms with Crippen molar-refractivity contribution in [3.63, 3.8) is 0 Å². The van der Waals surface area contributed by atoms with Gasteiger partial charge in [-0.15, -0.1) is 0 Å². The molecule has 0 spiro atoms. The molecule has 0 radical (unpaired) electrons. The molecule has 1 heterocycles. The maximum atomic E-state index is 12.8. The summed E-state index contributed by atoms with van der Waals surface area (Å²) in [4.78, 5) is 14.9. The summed E-state index contributed by atoms with van der Waals surface area (Å²) in [6.45, 7) is 7.02. The quantitative estimate of drug-likeness (QED) is 0.577. The highest BCUT2D eigenvalue weighted by Gasteiger charge is 2.27. The minimum atomic E-state index is -3.54. The average Bonchev–Trinajstić information content (AvgIpc) is 2.78. The third-order valence-electron chi connectivity index (χ3n) is 5.12. The molecule has 0 unspecified atom stereocenters. The third-order valence-corrected chi connectivity index (χ3v) is 7.24. The lowest BCUT2D eigenvalue weighted by Crippen LogP contribution is -2.46. The van der Waals surface area contributed by atoms with Gasteiger partial charge in [0.2, 0.25) is 10.0 Å². The number of amides is 1. The SMILES string of the molecule is CC(C)COc1cccc(C(=O)NC(=S)Nc2ccc(S(=O)(=O)N3CCN(C)CC3)cc2)c1. The minimum absolute atomic E-state index is 0.114. The molecule has 0 aliphatic carbocycles. The van der Waals surface area contributed by atoms with Crippen LogP contribution in [0.5, 0.6) is 5.75 Å². The van der Waals surface area contributed by atoms with Crippen LogP contribution in [0.15, 0.2) is 53.4 Å². The molecule has 0 aromatic heterocycles. The van der Waals surface area contributed by atoms with Crippen molar-refractivity contribution < 1.29 is 17.9 Å². The molecule has 2 N–H and O–H groups in total. The van der Waals surface area contributed by atoms with E-state index in [-0.39, 0.29) is 15.9 Å². The predicted molar refractivity (Wildman–Crippen MR) is 133 cm³/mol. The molecule has 8 nitrogen and oxygen atoms in total. The van der Waals surface area contributed by atoms with E-state index >= 15 is 0 Å². The molecular formula is C23H30N4O4S2. The van der Waals surface area contributed by atoms with Crippen molar-refractivity contribution in [2.75, 3.05) is 45.2 Å². The van der Waals surface area contributed by atoms with Gasteiger partial charge in [-0.05, 0) is 67.6 Å². The van der Waals surface area contributed by atoms with Crippen LogP contribution >= 0.6 is 12.2 Å². The fourth-order valence-corrected chi connectivity index (χ4v) is 4.85. The van der Waals surface area contributed by atoms with Crippen LogP contribution in [0.3, 0.4) is 0 Å². The molecule has 33 heavy (non-hydrogen) atoms.